The molecule has 0 unspecified atom stereocenters. The van der Waals surface area contributed by atoms with Crippen molar-refractivity contribution in [2.24, 2.45) is 4.99 Å². The van der Waals surface area contributed by atoms with Gasteiger partial charge in [-0.25, -0.2) is 0 Å². The number of rotatable bonds is 2. The number of nitrogens with zero attached hydrogens (tertiary/aromatic N) is 1. The Morgan fingerprint density at radius 1 is 1.18 bits per heavy atom. The molecule has 0 saturated heterocycles. The fourth-order valence-corrected chi connectivity index (χ4v) is 3.72. The van der Waals surface area contributed by atoms with Gasteiger partial charge in [-0.3, -0.25) is 4.99 Å². The molecule has 0 N–H and O–H groups in total. The van der Waals surface area contributed by atoms with E-state index < -0.39 is 8.07 Å². The van der Waals surface area contributed by atoms with Crippen molar-refractivity contribution >= 4 is 24.7 Å². The van der Waals surface area contributed by atoms with Crippen molar-refractivity contribution in [1.29, 1.82) is 0 Å². The van der Waals surface area contributed by atoms with Gasteiger partial charge >= 0.3 is 0 Å². The van der Waals surface area contributed by atoms with Crippen molar-refractivity contribution in [2.45, 2.75) is 52.2 Å². The van der Waals surface area contributed by atoms with Gasteiger partial charge in [0.2, 0.25) is 0 Å². The van der Waals surface area contributed by atoms with Crippen molar-refractivity contribution in [1.82, 2.24) is 0 Å². The van der Waals surface area contributed by atoms with Crippen LogP contribution in [-0.4, -0.2) is 13.8 Å². The van der Waals surface area contributed by atoms with Crippen LogP contribution in [0.15, 0.2) is 23.2 Å². The summed E-state index contributed by atoms with van der Waals surface area (Å²) < 4.78 is 0. The molecule has 17 heavy (non-hydrogen) atoms. The zero-order chi connectivity index (χ0) is 12.8. The SMILES string of the molecule is CCC1=Nc2ccc([Si](C)(C)C)cc2C1(C)C. The van der Waals surface area contributed by atoms with Crippen molar-refractivity contribution in [3.63, 3.8) is 0 Å². The first kappa shape index (κ1) is 12.6. The lowest BCUT2D eigenvalue weighted by molar-refractivity contribution is 0.723. The molecular weight excluding hydrogens is 222 g/mol. The summed E-state index contributed by atoms with van der Waals surface area (Å²) in [4.78, 5) is 4.78. The van der Waals surface area contributed by atoms with E-state index in [2.05, 4.69) is 58.6 Å². The predicted molar refractivity (Wildman–Crippen MR) is 79.8 cm³/mol. The Hall–Kier alpha value is -0.893. The summed E-state index contributed by atoms with van der Waals surface area (Å²) >= 11 is 0. The van der Waals surface area contributed by atoms with Crippen LogP contribution in [-0.2, 0) is 5.41 Å². The molecule has 0 spiro atoms. The summed E-state index contributed by atoms with van der Waals surface area (Å²) in [6.45, 7) is 14.0. The fraction of sp³-hybridized carbons (Fsp3) is 0.533. The third-order valence-corrected chi connectivity index (χ3v) is 5.89. The van der Waals surface area contributed by atoms with Crippen molar-refractivity contribution in [3.8, 4) is 0 Å². The highest BCUT2D eigenvalue weighted by Gasteiger charge is 2.34. The van der Waals surface area contributed by atoms with E-state index in [0.29, 0.717) is 0 Å². The number of benzene rings is 1. The van der Waals surface area contributed by atoms with Crippen molar-refractivity contribution < 1.29 is 0 Å². The molecule has 0 saturated carbocycles. The van der Waals surface area contributed by atoms with Crippen LogP contribution in [0.3, 0.4) is 0 Å². The molecule has 1 aromatic carbocycles. The van der Waals surface area contributed by atoms with Crippen molar-refractivity contribution in [3.05, 3.63) is 23.8 Å². The van der Waals surface area contributed by atoms with Crippen LogP contribution in [0.25, 0.3) is 0 Å². The fourth-order valence-electron chi connectivity index (χ4n) is 2.56. The summed E-state index contributed by atoms with van der Waals surface area (Å²) in [6.07, 6.45) is 1.05. The first-order valence-corrected chi connectivity index (χ1v) is 10.00. The lowest BCUT2D eigenvalue weighted by Crippen LogP contribution is -2.38. The molecule has 0 atom stereocenters. The van der Waals surface area contributed by atoms with E-state index in [1.54, 1.807) is 0 Å². The van der Waals surface area contributed by atoms with E-state index in [4.69, 9.17) is 4.99 Å². The minimum Gasteiger partial charge on any atom is -0.257 e. The minimum absolute atomic E-state index is 0.125. The van der Waals surface area contributed by atoms with Crippen molar-refractivity contribution in [2.75, 3.05) is 0 Å². The number of aliphatic imine (C=N–C) groups is 1. The van der Waals surface area contributed by atoms with E-state index in [1.165, 1.54) is 22.1 Å². The molecule has 2 rings (SSSR count). The Morgan fingerprint density at radius 2 is 1.82 bits per heavy atom. The number of hydrogen-bond donors (Lipinski definition) is 0. The van der Waals surface area contributed by atoms with Crippen LogP contribution in [0, 0.1) is 0 Å². The van der Waals surface area contributed by atoms with Gasteiger partial charge in [-0.2, -0.15) is 0 Å². The Bertz CT molecular complexity index is 478. The molecule has 0 aromatic heterocycles. The molecule has 0 bridgehead atoms. The molecule has 0 aliphatic carbocycles. The minimum atomic E-state index is -1.22. The smallest absolute Gasteiger partial charge is 0.0776 e. The standard InChI is InChI=1S/C15H23NSi/c1-7-14-15(2,3)12-10-11(17(4,5)6)8-9-13(12)16-14/h8-10H,7H2,1-6H3. The predicted octanol–water partition coefficient (Wildman–Crippen LogP) is 4.01. The van der Waals surface area contributed by atoms with Crippen LogP contribution in [0.2, 0.25) is 19.6 Å². The Morgan fingerprint density at radius 3 is 2.35 bits per heavy atom. The average molecular weight is 245 g/mol. The third kappa shape index (κ3) is 1.99. The molecule has 1 nitrogen and oxygen atoms in total. The molecule has 0 fully saturated rings. The molecule has 1 heterocycles. The quantitative estimate of drug-likeness (QED) is 0.698. The second kappa shape index (κ2) is 3.81. The molecule has 2 heteroatoms. The first-order valence-electron chi connectivity index (χ1n) is 6.50. The zero-order valence-corrected chi connectivity index (χ0v) is 12.9. The summed E-state index contributed by atoms with van der Waals surface area (Å²) in [5.74, 6) is 0. The normalized spacial score (nSPS) is 17.9. The van der Waals surface area contributed by atoms with Gasteiger partial charge in [0, 0.05) is 11.1 Å². The van der Waals surface area contributed by atoms with E-state index in [0.717, 1.165) is 6.42 Å². The van der Waals surface area contributed by atoms with Gasteiger partial charge in [-0.15, -0.1) is 0 Å². The zero-order valence-electron chi connectivity index (χ0n) is 11.9. The van der Waals surface area contributed by atoms with Crippen LogP contribution < -0.4 is 5.19 Å². The summed E-state index contributed by atoms with van der Waals surface area (Å²) in [7, 11) is -1.22. The highest BCUT2D eigenvalue weighted by Crippen LogP contribution is 2.40. The summed E-state index contributed by atoms with van der Waals surface area (Å²) in [5, 5.41) is 1.54. The number of hydrogen-bond acceptors (Lipinski definition) is 1. The van der Waals surface area contributed by atoms with Crippen LogP contribution in [0.1, 0.15) is 32.8 Å². The topological polar surface area (TPSA) is 12.4 Å². The van der Waals surface area contributed by atoms with E-state index in [9.17, 15) is 0 Å². The second-order valence-electron chi connectivity index (χ2n) is 6.52. The summed E-state index contributed by atoms with van der Waals surface area (Å²) in [5.41, 5.74) is 4.06. The van der Waals surface area contributed by atoms with E-state index >= 15 is 0 Å². The Labute approximate surface area is 106 Å². The van der Waals surface area contributed by atoms with Crippen LogP contribution >= 0.6 is 0 Å². The Balaban J connectivity index is 2.54. The van der Waals surface area contributed by atoms with Crippen LogP contribution in [0.4, 0.5) is 5.69 Å². The lowest BCUT2D eigenvalue weighted by atomic mass is 9.81. The highest BCUT2D eigenvalue weighted by molar-refractivity contribution is 6.88. The molecule has 1 aliphatic heterocycles. The maximum Gasteiger partial charge on any atom is 0.0776 e. The lowest BCUT2D eigenvalue weighted by Gasteiger charge is -2.24. The first-order chi connectivity index (χ1) is 7.76. The molecule has 0 radical (unpaired) electrons. The monoisotopic (exact) mass is 245 g/mol. The van der Waals surface area contributed by atoms with Gasteiger partial charge < -0.3 is 0 Å². The highest BCUT2D eigenvalue weighted by atomic mass is 28.3. The van der Waals surface area contributed by atoms with Gasteiger partial charge in [0.05, 0.1) is 13.8 Å². The third-order valence-electron chi connectivity index (χ3n) is 3.85. The van der Waals surface area contributed by atoms with Gasteiger partial charge in [0.15, 0.2) is 0 Å². The van der Waals surface area contributed by atoms with Gasteiger partial charge in [0.25, 0.3) is 0 Å². The number of fused-ring (bicyclic) bond motifs is 1. The van der Waals surface area contributed by atoms with E-state index in [-0.39, 0.29) is 5.41 Å². The maximum atomic E-state index is 4.78. The van der Waals surface area contributed by atoms with Gasteiger partial charge in [0.1, 0.15) is 0 Å². The Kier molecular flexibility index (Phi) is 2.81. The second-order valence-corrected chi connectivity index (χ2v) is 11.6. The molecule has 92 valence electrons. The van der Waals surface area contributed by atoms with E-state index in [1.807, 2.05) is 0 Å². The molecule has 1 aliphatic rings. The maximum absolute atomic E-state index is 4.78. The summed E-state index contributed by atoms with van der Waals surface area (Å²) in [6, 6.07) is 6.91. The van der Waals surface area contributed by atoms with Gasteiger partial charge in [-0.05, 0) is 18.1 Å². The average Bonchev–Trinajstić information content (AvgIpc) is 2.48. The molecule has 0 amide bonds. The largest absolute Gasteiger partial charge is 0.257 e. The van der Waals surface area contributed by atoms with Gasteiger partial charge in [-0.1, -0.05) is 57.7 Å². The molecular formula is C15H23NSi. The molecule has 1 aromatic rings. The van der Waals surface area contributed by atoms with Crippen LogP contribution in [0.5, 0.6) is 0 Å².